The lowest BCUT2D eigenvalue weighted by atomic mass is 10.1. The summed E-state index contributed by atoms with van der Waals surface area (Å²) in [5, 5.41) is 0.127. The summed E-state index contributed by atoms with van der Waals surface area (Å²) in [7, 11) is 0. The summed E-state index contributed by atoms with van der Waals surface area (Å²) in [5.74, 6) is 0.672. The van der Waals surface area contributed by atoms with Crippen LogP contribution in [0.4, 0.5) is 4.79 Å². The van der Waals surface area contributed by atoms with Crippen LogP contribution in [0.2, 0.25) is 0 Å². The summed E-state index contributed by atoms with van der Waals surface area (Å²) in [6.45, 7) is 7.34. The molecule has 0 heterocycles. The van der Waals surface area contributed by atoms with Crippen molar-refractivity contribution in [3.63, 3.8) is 0 Å². The lowest BCUT2D eigenvalue weighted by Gasteiger charge is -2.20. The normalized spacial score (nSPS) is 10.3. The predicted octanol–water partition coefficient (Wildman–Crippen LogP) is 4.36. The molecule has 0 N–H and O–H groups in total. The smallest absolute Gasteiger partial charge is 0.281 e. The summed E-state index contributed by atoms with van der Waals surface area (Å²) >= 11 is 1.31. The Balaban J connectivity index is 2.59. The minimum Gasteiger partial charge on any atom is -0.334 e. The number of benzene rings is 1. The minimum atomic E-state index is 0.0572. The first-order valence-electron chi connectivity index (χ1n) is 7.10. The van der Waals surface area contributed by atoms with Gasteiger partial charge in [-0.15, -0.1) is 0 Å². The van der Waals surface area contributed by atoms with E-state index in [2.05, 4.69) is 13.8 Å². The first-order chi connectivity index (χ1) is 9.58. The molecule has 20 heavy (non-hydrogen) atoms. The van der Waals surface area contributed by atoms with Crippen LogP contribution < -0.4 is 0 Å². The van der Waals surface area contributed by atoms with Crippen molar-refractivity contribution in [2.75, 3.05) is 13.1 Å². The summed E-state index contributed by atoms with van der Waals surface area (Å²) in [6, 6.07) is 7.50. The maximum Gasteiger partial charge on any atom is 0.281 e. The zero-order valence-electron chi connectivity index (χ0n) is 12.5. The number of nitrogens with zero attached hydrogens (tertiary/aromatic N) is 1. The molecule has 0 aliphatic rings. The number of hydrogen-bond acceptors (Lipinski definition) is 3. The van der Waals surface area contributed by atoms with Gasteiger partial charge in [0.05, 0.1) is 0 Å². The summed E-state index contributed by atoms with van der Waals surface area (Å²) < 4.78 is 0. The molecule has 0 aromatic heterocycles. The number of thioether (sulfide) groups is 1. The first kappa shape index (κ1) is 16.8. The molecule has 0 aliphatic carbocycles. The highest BCUT2D eigenvalue weighted by Gasteiger charge is 2.12. The van der Waals surface area contributed by atoms with Crippen molar-refractivity contribution < 1.29 is 9.59 Å². The van der Waals surface area contributed by atoms with E-state index < -0.39 is 0 Å². The van der Waals surface area contributed by atoms with Gasteiger partial charge in [0.2, 0.25) is 0 Å². The summed E-state index contributed by atoms with van der Waals surface area (Å²) in [5.41, 5.74) is 1.72. The van der Waals surface area contributed by atoms with Crippen LogP contribution in [-0.4, -0.2) is 29.0 Å². The Labute approximate surface area is 125 Å². The van der Waals surface area contributed by atoms with E-state index in [9.17, 15) is 9.59 Å². The molecule has 0 atom stereocenters. The van der Waals surface area contributed by atoms with E-state index in [1.54, 1.807) is 13.0 Å². The van der Waals surface area contributed by atoms with E-state index in [0.29, 0.717) is 11.3 Å². The predicted molar refractivity (Wildman–Crippen MR) is 85.3 cm³/mol. The third-order valence-corrected chi connectivity index (χ3v) is 3.92. The first-order valence-corrected chi connectivity index (χ1v) is 8.08. The van der Waals surface area contributed by atoms with Gasteiger partial charge in [-0.05, 0) is 31.4 Å². The van der Waals surface area contributed by atoms with Crippen LogP contribution >= 0.6 is 11.8 Å². The molecule has 0 spiro atoms. The van der Waals surface area contributed by atoms with Gasteiger partial charge >= 0.3 is 0 Å². The maximum absolute atomic E-state index is 12.1. The van der Waals surface area contributed by atoms with Crippen LogP contribution in [0, 0.1) is 0 Å². The Hall–Kier alpha value is -1.29. The van der Waals surface area contributed by atoms with Gasteiger partial charge in [0, 0.05) is 24.4 Å². The number of ketones is 1. The zero-order chi connectivity index (χ0) is 15.0. The van der Waals surface area contributed by atoms with E-state index in [4.69, 9.17) is 0 Å². The number of carbonyl (C=O) groups excluding carboxylic acids is 2. The molecule has 1 aromatic rings. The van der Waals surface area contributed by atoms with Gasteiger partial charge in [-0.25, -0.2) is 0 Å². The topological polar surface area (TPSA) is 37.4 Å². The molecule has 4 heteroatoms. The molecule has 3 nitrogen and oxygen atoms in total. The van der Waals surface area contributed by atoms with Gasteiger partial charge in [0.1, 0.15) is 0 Å². The highest BCUT2D eigenvalue weighted by atomic mass is 32.2. The molecule has 0 fully saturated rings. The van der Waals surface area contributed by atoms with Crippen molar-refractivity contribution in [1.29, 1.82) is 0 Å². The molecule has 1 amide bonds. The van der Waals surface area contributed by atoms with E-state index in [0.717, 1.165) is 31.5 Å². The molecule has 0 unspecified atom stereocenters. The molecule has 0 radical (unpaired) electrons. The van der Waals surface area contributed by atoms with Crippen molar-refractivity contribution in [2.45, 2.75) is 39.4 Å². The number of hydrogen-bond donors (Lipinski definition) is 0. The summed E-state index contributed by atoms with van der Waals surface area (Å²) in [4.78, 5) is 25.4. The van der Waals surface area contributed by atoms with Crippen LogP contribution in [0.15, 0.2) is 24.3 Å². The highest BCUT2D eigenvalue weighted by molar-refractivity contribution is 8.12. The largest absolute Gasteiger partial charge is 0.334 e. The van der Waals surface area contributed by atoms with Crippen molar-refractivity contribution in [3.05, 3.63) is 35.4 Å². The van der Waals surface area contributed by atoms with Crippen molar-refractivity contribution >= 4 is 22.8 Å². The Bertz CT molecular complexity index is 454. The molecular weight excluding hydrogens is 270 g/mol. The van der Waals surface area contributed by atoms with Gasteiger partial charge in [0.15, 0.2) is 5.78 Å². The van der Waals surface area contributed by atoms with Crippen molar-refractivity contribution in [2.24, 2.45) is 0 Å². The van der Waals surface area contributed by atoms with Gasteiger partial charge in [-0.1, -0.05) is 43.8 Å². The second-order valence-corrected chi connectivity index (χ2v) is 5.72. The molecule has 1 rings (SSSR count). The Morgan fingerprint density at radius 2 is 1.80 bits per heavy atom. The number of carbonyl (C=O) groups is 2. The molecule has 0 saturated heterocycles. The van der Waals surface area contributed by atoms with Crippen molar-refractivity contribution in [3.8, 4) is 0 Å². The third-order valence-electron chi connectivity index (χ3n) is 2.94. The monoisotopic (exact) mass is 293 g/mol. The van der Waals surface area contributed by atoms with Crippen LogP contribution in [0.3, 0.4) is 0 Å². The fourth-order valence-corrected chi connectivity index (χ4v) is 2.79. The Morgan fingerprint density at radius 3 is 2.35 bits per heavy atom. The lowest BCUT2D eigenvalue weighted by Crippen LogP contribution is -2.29. The second-order valence-electron chi connectivity index (χ2n) is 4.80. The number of rotatable bonds is 7. The molecule has 0 bridgehead atoms. The van der Waals surface area contributed by atoms with Crippen molar-refractivity contribution in [1.82, 2.24) is 4.90 Å². The van der Waals surface area contributed by atoms with Gasteiger partial charge in [-0.3, -0.25) is 9.59 Å². The number of amides is 1. The maximum atomic E-state index is 12.1. The quantitative estimate of drug-likeness (QED) is 0.701. The Morgan fingerprint density at radius 1 is 1.15 bits per heavy atom. The zero-order valence-corrected chi connectivity index (χ0v) is 13.3. The Kier molecular flexibility index (Phi) is 7.37. The fourth-order valence-electron chi connectivity index (χ4n) is 1.95. The molecule has 110 valence electrons. The van der Waals surface area contributed by atoms with E-state index in [1.807, 2.05) is 23.1 Å². The van der Waals surface area contributed by atoms with E-state index in [-0.39, 0.29) is 11.0 Å². The van der Waals surface area contributed by atoms with Gasteiger partial charge in [0.25, 0.3) is 5.24 Å². The minimum absolute atomic E-state index is 0.0572. The average molecular weight is 293 g/mol. The third kappa shape index (κ3) is 5.37. The second kappa shape index (κ2) is 8.80. The average Bonchev–Trinajstić information content (AvgIpc) is 2.45. The van der Waals surface area contributed by atoms with E-state index >= 15 is 0 Å². The molecule has 0 aliphatic heterocycles. The van der Waals surface area contributed by atoms with E-state index in [1.165, 1.54) is 11.8 Å². The molecule has 1 aromatic carbocycles. The number of Topliss-reactive ketones (excluding diaryl/α,β-unsaturated/α-hetero) is 1. The van der Waals surface area contributed by atoms with Gasteiger partial charge in [-0.2, -0.15) is 0 Å². The summed E-state index contributed by atoms with van der Waals surface area (Å²) in [6.07, 6.45) is 1.96. The highest BCUT2D eigenvalue weighted by Crippen LogP contribution is 2.18. The standard InChI is InChI=1S/C16H23NO2S/c1-4-9-17(10-5-2)16(19)20-12-14-7-6-8-15(11-14)13(3)18/h6-8,11H,4-5,9-10,12H2,1-3H3. The van der Waals surface area contributed by atoms with Crippen LogP contribution in [0.1, 0.15) is 49.5 Å². The molecule has 0 saturated carbocycles. The SMILES string of the molecule is CCCN(CCC)C(=O)SCc1cccc(C(C)=O)c1. The van der Waals surface area contributed by atoms with Crippen LogP contribution in [0.5, 0.6) is 0 Å². The lowest BCUT2D eigenvalue weighted by molar-refractivity contribution is 0.101. The van der Waals surface area contributed by atoms with Gasteiger partial charge < -0.3 is 4.90 Å². The molecular formula is C16H23NO2S. The van der Waals surface area contributed by atoms with Crippen LogP contribution in [-0.2, 0) is 5.75 Å². The van der Waals surface area contributed by atoms with Crippen LogP contribution in [0.25, 0.3) is 0 Å². The fraction of sp³-hybridized carbons (Fsp3) is 0.500.